The fourth-order valence-corrected chi connectivity index (χ4v) is 2.58. The zero-order valence-electron chi connectivity index (χ0n) is 11.5. The van der Waals surface area contributed by atoms with Gasteiger partial charge in [0.05, 0.1) is 5.56 Å². The lowest BCUT2D eigenvalue weighted by Crippen LogP contribution is -2.43. The molecule has 2 aromatic carbocycles. The quantitative estimate of drug-likeness (QED) is 0.849. The summed E-state index contributed by atoms with van der Waals surface area (Å²) in [6, 6.07) is 14.4. The zero-order chi connectivity index (χ0) is 14.8. The van der Waals surface area contributed by atoms with Crippen molar-refractivity contribution < 1.29 is 9.90 Å². The summed E-state index contributed by atoms with van der Waals surface area (Å²) in [6.45, 7) is 4.11. The van der Waals surface area contributed by atoms with Crippen LogP contribution in [0.1, 0.15) is 22.1 Å². The summed E-state index contributed by atoms with van der Waals surface area (Å²) in [7, 11) is 0. The van der Waals surface area contributed by atoms with E-state index >= 15 is 0 Å². The van der Waals surface area contributed by atoms with Gasteiger partial charge in [-0.15, -0.1) is 6.58 Å². The fourth-order valence-electron chi connectivity index (χ4n) is 2.58. The van der Waals surface area contributed by atoms with Crippen LogP contribution in [0.5, 0.6) is 5.75 Å². The molecule has 106 valence electrons. The van der Waals surface area contributed by atoms with Crippen LogP contribution in [0.25, 0.3) is 0 Å². The van der Waals surface area contributed by atoms with E-state index in [1.54, 1.807) is 29.2 Å². The van der Waals surface area contributed by atoms with Gasteiger partial charge in [-0.05, 0) is 18.2 Å². The van der Waals surface area contributed by atoms with Crippen LogP contribution in [0.3, 0.4) is 0 Å². The molecule has 21 heavy (non-hydrogen) atoms. The molecule has 0 bridgehead atoms. The monoisotopic (exact) mass is 280 g/mol. The predicted molar refractivity (Wildman–Crippen MR) is 82.1 cm³/mol. The second-order valence-electron chi connectivity index (χ2n) is 4.90. The molecule has 2 aromatic rings. The molecular weight excluding hydrogens is 264 g/mol. The maximum Gasteiger partial charge on any atom is 0.258 e. The van der Waals surface area contributed by atoms with E-state index in [1.807, 2.05) is 30.3 Å². The number of nitrogens with zero attached hydrogens (tertiary/aromatic N) is 1. The highest BCUT2D eigenvalue weighted by atomic mass is 16.3. The Hall–Kier alpha value is -2.75. The van der Waals surface area contributed by atoms with E-state index in [0.29, 0.717) is 17.7 Å². The summed E-state index contributed by atoms with van der Waals surface area (Å²) in [5, 5.41) is 13.4. The Balaban J connectivity index is 2.09. The van der Waals surface area contributed by atoms with Crippen LogP contribution in [-0.2, 0) is 0 Å². The van der Waals surface area contributed by atoms with Gasteiger partial charge in [0, 0.05) is 17.8 Å². The minimum atomic E-state index is -0.411. The van der Waals surface area contributed by atoms with Crippen molar-refractivity contribution in [3.8, 4) is 5.75 Å². The van der Waals surface area contributed by atoms with Gasteiger partial charge < -0.3 is 15.3 Å². The molecular formula is C17H16N2O2. The molecule has 1 atom stereocenters. The molecule has 1 heterocycles. The molecule has 3 rings (SSSR count). The Labute approximate surface area is 123 Å². The van der Waals surface area contributed by atoms with E-state index in [-0.39, 0.29) is 11.7 Å². The number of phenolic OH excluding ortho intramolecular Hbond substituents is 1. The lowest BCUT2D eigenvalue weighted by Gasteiger charge is -2.37. The van der Waals surface area contributed by atoms with E-state index in [2.05, 4.69) is 11.9 Å². The number of para-hydroxylation sites is 2. The molecule has 0 fully saturated rings. The maximum absolute atomic E-state index is 12.7. The average molecular weight is 280 g/mol. The first kappa shape index (κ1) is 13.2. The van der Waals surface area contributed by atoms with E-state index in [4.69, 9.17) is 0 Å². The molecule has 0 saturated carbocycles. The zero-order valence-corrected chi connectivity index (χ0v) is 11.5. The Bertz CT molecular complexity index is 697. The molecule has 0 saturated heterocycles. The van der Waals surface area contributed by atoms with Gasteiger partial charge in [0.1, 0.15) is 11.9 Å². The summed E-state index contributed by atoms with van der Waals surface area (Å²) >= 11 is 0. The summed E-state index contributed by atoms with van der Waals surface area (Å²) in [5.74, 6) is 0.0914. The summed E-state index contributed by atoms with van der Waals surface area (Å²) in [5.41, 5.74) is 2.07. The molecule has 2 N–H and O–H groups in total. The molecule has 0 aromatic heterocycles. The maximum atomic E-state index is 12.7. The number of nitrogens with one attached hydrogen (secondary N) is 1. The highest BCUT2D eigenvalue weighted by Crippen LogP contribution is 2.35. The number of benzene rings is 2. The van der Waals surface area contributed by atoms with E-state index in [1.165, 1.54) is 0 Å². The fraction of sp³-hybridized carbons (Fsp3) is 0.118. The molecule has 1 aliphatic heterocycles. The first-order chi connectivity index (χ1) is 10.2. The van der Waals surface area contributed by atoms with Crippen molar-refractivity contribution in [2.75, 3.05) is 11.9 Å². The topological polar surface area (TPSA) is 52.6 Å². The number of hydrogen-bond acceptors (Lipinski definition) is 3. The number of carbonyl (C=O) groups is 1. The van der Waals surface area contributed by atoms with Gasteiger partial charge >= 0.3 is 0 Å². The molecule has 0 aliphatic carbocycles. The van der Waals surface area contributed by atoms with Crippen molar-refractivity contribution in [3.05, 3.63) is 72.3 Å². The van der Waals surface area contributed by atoms with Crippen molar-refractivity contribution in [2.45, 2.75) is 6.17 Å². The molecule has 1 unspecified atom stereocenters. The lowest BCUT2D eigenvalue weighted by atomic mass is 10.0. The van der Waals surface area contributed by atoms with Crippen molar-refractivity contribution in [1.82, 2.24) is 4.90 Å². The van der Waals surface area contributed by atoms with Crippen LogP contribution in [0.2, 0.25) is 0 Å². The predicted octanol–water partition coefficient (Wildman–Crippen LogP) is 3.14. The Morgan fingerprint density at radius 2 is 1.90 bits per heavy atom. The number of carbonyl (C=O) groups excluding carboxylic acids is 1. The number of anilines is 1. The van der Waals surface area contributed by atoms with Crippen LogP contribution >= 0.6 is 0 Å². The third kappa shape index (κ3) is 2.25. The highest BCUT2D eigenvalue weighted by molar-refractivity contribution is 6.01. The van der Waals surface area contributed by atoms with Gasteiger partial charge in [0.25, 0.3) is 5.91 Å². The van der Waals surface area contributed by atoms with Gasteiger partial charge in [-0.3, -0.25) is 4.79 Å². The number of hydrogen-bond donors (Lipinski definition) is 2. The third-order valence-corrected chi connectivity index (χ3v) is 3.58. The van der Waals surface area contributed by atoms with Gasteiger partial charge in [-0.2, -0.15) is 0 Å². The SMILES string of the molecule is C=CCN1C(=O)c2ccccc2NC1c1ccccc1O. The van der Waals surface area contributed by atoms with Crippen LogP contribution < -0.4 is 5.32 Å². The molecule has 1 amide bonds. The average Bonchev–Trinajstić information content (AvgIpc) is 2.51. The Morgan fingerprint density at radius 1 is 1.19 bits per heavy atom. The molecule has 0 spiro atoms. The van der Waals surface area contributed by atoms with E-state index in [9.17, 15) is 9.90 Å². The van der Waals surface area contributed by atoms with Crippen LogP contribution in [0.4, 0.5) is 5.69 Å². The summed E-state index contributed by atoms with van der Waals surface area (Å²) < 4.78 is 0. The van der Waals surface area contributed by atoms with Crippen molar-refractivity contribution in [3.63, 3.8) is 0 Å². The minimum absolute atomic E-state index is 0.0718. The number of amides is 1. The van der Waals surface area contributed by atoms with Crippen LogP contribution in [0, 0.1) is 0 Å². The Morgan fingerprint density at radius 3 is 2.67 bits per heavy atom. The van der Waals surface area contributed by atoms with Crippen molar-refractivity contribution in [1.29, 1.82) is 0 Å². The number of phenols is 1. The van der Waals surface area contributed by atoms with Gasteiger partial charge in [-0.25, -0.2) is 0 Å². The van der Waals surface area contributed by atoms with Gasteiger partial charge in [0.2, 0.25) is 0 Å². The number of fused-ring (bicyclic) bond motifs is 1. The standard InChI is InChI=1S/C17H16N2O2/c1-2-11-19-16(13-8-4-6-10-15(13)20)18-14-9-5-3-7-12(14)17(19)21/h2-10,16,18,20H,1,11H2. The summed E-state index contributed by atoms with van der Waals surface area (Å²) in [4.78, 5) is 14.3. The second kappa shape index (κ2) is 5.32. The van der Waals surface area contributed by atoms with Crippen LogP contribution in [0.15, 0.2) is 61.2 Å². The molecule has 4 nitrogen and oxygen atoms in total. The second-order valence-corrected chi connectivity index (χ2v) is 4.90. The smallest absolute Gasteiger partial charge is 0.258 e. The molecule has 0 radical (unpaired) electrons. The highest BCUT2D eigenvalue weighted by Gasteiger charge is 2.33. The largest absolute Gasteiger partial charge is 0.508 e. The number of aromatic hydroxyl groups is 1. The van der Waals surface area contributed by atoms with E-state index < -0.39 is 6.17 Å². The summed E-state index contributed by atoms with van der Waals surface area (Å²) in [6.07, 6.45) is 1.27. The first-order valence-corrected chi connectivity index (χ1v) is 6.77. The van der Waals surface area contributed by atoms with E-state index in [0.717, 1.165) is 5.69 Å². The normalized spacial score (nSPS) is 17.0. The molecule has 4 heteroatoms. The van der Waals surface area contributed by atoms with Crippen molar-refractivity contribution in [2.24, 2.45) is 0 Å². The minimum Gasteiger partial charge on any atom is -0.508 e. The Kier molecular flexibility index (Phi) is 3.36. The third-order valence-electron chi connectivity index (χ3n) is 3.58. The van der Waals surface area contributed by atoms with Gasteiger partial charge in [-0.1, -0.05) is 36.4 Å². The number of rotatable bonds is 3. The molecule has 1 aliphatic rings. The van der Waals surface area contributed by atoms with Crippen molar-refractivity contribution >= 4 is 11.6 Å². The van der Waals surface area contributed by atoms with Crippen LogP contribution in [-0.4, -0.2) is 22.5 Å². The first-order valence-electron chi connectivity index (χ1n) is 6.77. The lowest BCUT2D eigenvalue weighted by molar-refractivity contribution is 0.0706. The van der Waals surface area contributed by atoms with Gasteiger partial charge in [0.15, 0.2) is 0 Å².